The van der Waals surface area contributed by atoms with Crippen molar-refractivity contribution < 1.29 is 9.84 Å². The van der Waals surface area contributed by atoms with Crippen LogP contribution in [-0.4, -0.2) is 41.8 Å². The van der Waals surface area contributed by atoms with Crippen LogP contribution < -0.4 is 4.74 Å². The molecule has 0 aliphatic carbocycles. The Morgan fingerprint density at radius 3 is 2.28 bits per heavy atom. The molecule has 0 amide bonds. The Morgan fingerprint density at radius 1 is 0.931 bits per heavy atom. The lowest BCUT2D eigenvalue weighted by Crippen LogP contribution is -2.12. The number of aromatic hydroxyl groups is 1. The molecule has 0 radical (unpaired) electrons. The number of hydrogen-bond donors (Lipinski definition) is 2. The second kappa shape index (κ2) is 6.52. The van der Waals surface area contributed by atoms with Crippen molar-refractivity contribution in [2.24, 2.45) is 7.05 Å². The zero-order chi connectivity index (χ0) is 20.0. The molecule has 2 aromatic carbocycles. The molecular formula is C21H18N6O2. The van der Waals surface area contributed by atoms with Gasteiger partial charge >= 0.3 is 0 Å². The maximum Gasteiger partial charge on any atom is 0.180 e. The number of aromatic amines is 1. The number of aromatic nitrogens is 6. The van der Waals surface area contributed by atoms with Crippen molar-refractivity contribution in [3.8, 4) is 45.3 Å². The fourth-order valence-electron chi connectivity index (χ4n) is 3.40. The Labute approximate surface area is 166 Å². The number of phenols is 1. The summed E-state index contributed by atoms with van der Waals surface area (Å²) in [6, 6.07) is 14.9. The quantitative estimate of drug-likeness (QED) is 0.493. The molecule has 0 fully saturated rings. The molecule has 0 atom stereocenters. The number of nitrogens with one attached hydrogen (secondary N) is 1. The molecule has 0 unspecified atom stereocenters. The molecular weight excluding hydrogens is 368 g/mol. The highest BCUT2D eigenvalue weighted by atomic mass is 16.5. The van der Waals surface area contributed by atoms with E-state index in [0.717, 1.165) is 39.5 Å². The van der Waals surface area contributed by atoms with E-state index >= 15 is 0 Å². The van der Waals surface area contributed by atoms with Gasteiger partial charge in [-0.15, -0.1) is 5.10 Å². The second-order valence-corrected chi connectivity index (χ2v) is 6.67. The van der Waals surface area contributed by atoms with E-state index in [1.54, 1.807) is 30.2 Å². The number of ether oxygens (including phenoxy) is 1. The van der Waals surface area contributed by atoms with Crippen LogP contribution in [0.1, 0.15) is 0 Å². The first-order chi connectivity index (χ1) is 14.1. The Balaban J connectivity index is 1.76. The van der Waals surface area contributed by atoms with Gasteiger partial charge in [-0.05, 0) is 42.0 Å². The number of aryl methyl sites for hydroxylation is 1. The van der Waals surface area contributed by atoms with Crippen molar-refractivity contribution in [3.05, 3.63) is 60.9 Å². The summed E-state index contributed by atoms with van der Waals surface area (Å²) in [5.41, 5.74) is 5.23. The molecule has 0 aliphatic rings. The zero-order valence-corrected chi connectivity index (χ0v) is 15.9. The molecule has 8 nitrogen and oxygen atoms in total. The molecule has 2 N–H and O–H groups in total. The molecule has 144 valence electrons. The summed E-state index contributed by atoms with van der Waals surface area (Å²) >= 11 is 0. The molecule has 3 heterocycles. The summed E-state index contributed by atoms with van der Waals surface area (Å²) in [7, 11) is 3.47. The lowest BCUT2D eigenvalue weighted by molar-refractivity contribution is 0.415. The van der Waals surface area contributed by atoms with E-state index in [1.807, 2.05) is 54.2 Å². The van der Waals surface area contributed by atoms with Crippen LogP contribution in [0.15, 0.2) is 60.9 Å². The summed E-state index contributed by atoms with van der Waals surface area (Å²) in [6.45, 7) is 0. The molecule has 8 heteroatoms. The SMILES string of the molecule is COc1ccc(-c2c(-c3ccc(O)cc3)cnc3c(-c4nn(C)[nH]4)cnn23)cc1. The Bertz CT molecular complexity index is 1280. The molecule has 0 saturated carbocycles. The van der Waals surface area contributed by atoms with Crippen molar-refractivity contribution >= 4 is 5.65 Å². The summed E-state index contributed by atoms with van der Waals surface area (Å²) in [4.78, 5) is 6.29. The first-order valence-corrected chi connectivity index (χ1v) is 9.04. The third kappa shape index (κ3) is 2.82. The Hall–Kier alpha value is -4.07. The summed E-state index contributed by atoms with van der Waals surface area (Å²) < 4.78 is 7.12. The number of phenolic OH excluding ortho intramolecular Hbond substituents is 1. The van der Waals surface area contributed by atoms with Crippen molar-refractivity contribution in [1.29, 1.82) is 0 Å². The number of benzene rings is 2. The molecule has 3 aromatic heterocycles. The van der Waals surface area contributed by atoms with Gasteiger partial charge in [-0.3, -0.25) is 5.10 Å². The minimum Gasteiger partial charge on any atom is -0.508 e. The highest BCUT2D eigenvalue weighted by molar-refractivity contribution is 5.85. The average molecular weight is 386 g/mol. The standard InChI is InChI=1S/C21H18N6O2/c1-26-24-20(25-26)18-12-23-27-19(14-5-9-16(29-2)10-6-14)17(11-22-21(18)27)13-3-7-15(28)8-4-13/h3-12,28H,1-2H3,(H,24,25). The van der Waals surface area contributed by atoms with Gasteiger partial charge < -0.3 is 9.84 Å². The number of methoxy groups -OCH3 is 1. The maximum atomic E-state index is 9.67. The first kappa shape index (κ1) is 17.1. The van der Waals surface area contributed by atoms with Gasteiger partial charge in [-0.1, -0.05) is 12.1 Å². The lowest BCUT2D eigenvalue weighted by atomic mass is 10.0. The predicted octanol–water partition coefficient (Wildman–Crippen LogP) is 3.51. The number of fused-ring (bicyclic) bond motifs is 1. The normalized spacial score (nSPS) is 11.2. The van der Waals surface area contributed by atoms with Crippen LogP contribution in [-0.2, 0) is 7.05 Å². The van der Waals surface area contributed by atoms with Crippen molar-refractivity contribution in [2.45, 2.75) is 0 Å². The van der Waals surface area contributed by atoms with Gasteiger partial charge in [0.25, 0.3) is 0 Å². The van der Waals surface area contributed by atoms with Crippen molar-refractivity contribution in [1.82, 2.24) is 29.6 Å². The third-order valence-corrected chi connectivity index (χ3v) is 4.84. The van der Waals surface area contributed by atoms with Gasteiger partial charge in [0.05, 0.1) is 24.6 Å². The van der Waals surface area contributed by atoms with Crippen LogP contribution in [0.3, 0.4) is 0 Å². The molecule has 0 spiro atoms. The van der Waals surface area contributed by atoms with Gasteiger partial charge in [0.1, 0.15) is 11.5 Å². The summed E-state index contributed by atoms with van der Waals surface area (Å²) in [5, 5.41) is 21.7. The largest absolute Gasteiger partial charge is 0.508 e. The topological polar surface area (TPSA) is 93.3 Å². The Kier molecular flexibility index (Phi) is 3.83. The maximum absolute atomic E-state index is 9.67. The molecule has 5 rings (SSSR count). The van der Waals surface area contributed by atoms with E-state index < -0.39 is 0 Å². The average Bonchev–Trinajstić information content (AvgIpc) is 3.15. The third-order valence-electron chi connectivity index (χ3n) is 4.84. The van der Waals surface area contributed by atoms with Crippen molar-refractivity contribution in [2.75, 3.05) is 7.11 Å². The zero-order valence-electron chi connectivity index (χ0n) is 15.9. The van der Waals surface area contributed by atoms with E-state index in [1.165, 1.54) is 0 Å². The van der Waals surface area contributed by atoms with Gasteiger partial charge in [0, 0.05) is 24.4 Å². The molecule has 0 saturated heterocycles. The lowest BCUT2D eigenvalue weighted by Gasteiger charge is -2.13. The number of nitrogens with zero attached hydrogens (tertiary/aromatic N) is 5. The van der Waals surface area contributed by atoms with Crippen molar-refractivity contribution in [3.63, 3.8) is 0 Å². The summed E-state index contributed by atoms with van der Waals surface area (Å²) in [5.74, 6) is 1.73. The molecule has 0 aliphatic heterocycles. The van der Waals surface area contributed by atoms with Crippen LogP contribution >= 0.6 is 0 Å². The highest BCUT2D eigenvalue weighted by Gasteiger charge is 2.19. The second-order valence-electron chi connectivity index (χ2n) is 6.67. The van der Waals surface area contributed by atoms with Gasteiger partial charge in [-0.2, -0.15) is 5.10 Å². The molecule has 0 bridgehead atoms. The Morgan fingerprint density at radius 2 is 1.62 bits per heavy atom. The van der Waals surface area contributed by atoms with Crippen LogP contribution in [0.4, 0.5) is 0 Å². The predicted molar refractivity (Wildman–Crippen MR) is 109 cm³/mol. The van der Waals surface area contributed by atoms with E-state index in [2.05, 4.69) is 20.3 Å². The van der Waals surface area contributed by atoms with Crippen LogP contribution in [0.5, 0.6) is 11.5 Å². The van der Waals surface area contributed by atoms with E-state index in [0.29, 0.717) is 5.65 Å². The number of rotatable bonds is 4. The van der Waals surface area contributed by atoms with Crippen LogP contribution in [0, 0.1) is 0 Å². The fourth-order valence-corrected chi connectivity index (χ4v) is 3.40. The summed E-state index contributed by atoms with van der Waals surface area (Å²) in [6.07, 6.45) is 3.59. The van der Waals surface area contributed by atoms with E-state index in [-0.39, 0.29) is 5.75 Å². The van der Waals surface area contributed by atoms with Gasteiger partial charge in [0.2, 0.25) is 0 Å². The van der Waals surface area contributed by atoms with Crippen LogP contribution in [0.2, 0.25) is 0 Å². The fraction of sp³-hybridized carbons (Fsp3) is 0.0952. The van der Waals surface area contributed by atoms with E-state index in [4.69, 9.17) is 4.74 Å². The minimum absolute atomic E-state index is 0.216. The van der Waals surface area contributed by atoms with Gasteiger partial charge in [-0.25, -0.2) is 14.3 Å². The van der Waals surface area contributed by atoms with Gasteiger partial charge in [0.15, 0.2) is 11.5 Å². The smallest absolute Gasteiger partial charge is 0.180 e. The minimum atomic E-state index is 0.216. The molecule has 29 heavy (non-hydrogen) atoms. The van der Waals surface area contributed by atoms with Crippen LogP contribution in [0.25, 0.3) is 39.4 Å². The number of H-pyrrole nitrogens is 1. The first-order valence-electron chi connectivity index (χ1n) is 9.04. The number of hydrogen-bond acceptors (Lipinski definition) is 5. The molecule has 5 aromatic rings. The van der Waals surface area contributed by atoms with E-state index in [9.17, 15) is 5.11 Å². The monoisotopic (exact) mass is 386 g/mol. The highest BCUT2D eigenvalue weighted by Crippen LogP contribution is 2.35.